The zero-order valence-electron chi connectivity index (χ0n) is 15.0. The van der Waals surface area contributed by atoms with Crippen LogP contribution < -0.4 is 10.00 Å². The fourth-order valence-corrected chi connectivity index (χ4v) is 3.55. The van der Waals surface area contributed by atoms with Crippen molar-refractivity contribution < 1.29 is 9.48 Å². The second-order valence-electron chi connectivity index (χ2n) is 6.27. The number of halogens is 1. The predicted molar refractivity (Wildman–Crippen MR) is 108 cm³/mol. The first-order valence-corrected chi connectivity index (χ1v) is 9.50. The number of aromatic amines is 1. The van der Waals surface area contributed by atoms with Crippen LogP contribution in [0, 0.1) is 6.92 Å². The summed E-state index contributed by atoms with van der Waals surface area (Å²) in [4.78, 5) is 17.5. The number of hydrogen-bond acceptors (Lipinski definition) is 2. The Hall–Kier alpha value is -2.93. The van der Waals surface area contributed by atoms with E-state index in [4.69, 9.17) is 4.98 Å². The summed E-state index contributed by atoms with van der Waals surface area (Å²) in [5.41, 5.74) is 3.48. The summed E-state index contributed by atoms with van der Waals surface area (Å²) in [5.74, 6) is 1.20. The highest BCUT2D eigenvalue weighted by Gasteiger charge is 2.24. The molecular formula is C20H19BrN5O+. The molecule has 1 amide bonds. The maximum atomic E-state index is 12.7. The van der Waals surface area contributed by atoms with Crippen LogP contribution in [0.3, 0.4) is 0 Å². The minimum atomic E-state index is -0.178. The number of benzene rings is 2. The smallest absolute Gasteiger partial charge is 0.258 e. The summed E-state index contributed by atoms with van der Waals surface area (Å²) in [5, 5.41) is 6.26. The summed E-state index contributed by atoms with van der Waals surface area (Å²) < 4.78 is 4.79. The number of aryl methyl sites for hydroxylation is 2. The average Bonchev–Trinajstić information content (AvgIpc) is 3.21. The molecule has 0 saturated heterocycles. The SMILES string of the molecule is CCn1c(-[n+]2[nH]c(C)cc2NC(=O)c2cccc(Br)c2)nc2ccccc21. The van der Waals surface area contributed by atoms with Crippen molar-refractivity contribution in [2.45, 2.75) is 20.4 Å². The number of para-hydroxylation sites is 2. The maximum Gasteiger partial charge on any atom is 0.377 e. The number of rotatable bonds is 4. The average molecular weight is 425 g/mol. The van der Waals surface area contributed by atoms with Gasteiger partial charge in [0.05, 0.1) is 12.1 Å². The zero-order valence-corrected chi connectivity index (χ0v) is 16.6. The van der Waals surface area contributed by atoms with Crippen LogP contribution in [0.5, 0.6) is 0 Å². The molecule has 2 heterocycles. The van der Waals surface area contributed by atoms with Crippen LogP contribution >= 0.6 is 15.9 Å². The van der Waals surface area contributed by atoms with E-state index in [-0.39, 0.29) is 5.91 Å². The van der Waals surface area contributed by atoms with Crippen LogP contribution in [0.4, 0.5) is 5.82 Å². The van der Waals surface area contributed by atoms with Crippen molar-refractivity contribution in [3.63, 3.8) is 0 Å². The Kier molecular flexibility index (Phi) is 4.53. The molecule has 0 aliphatic rings. The van der Waals surface area contributed by atoms with Crippen LogP contribution in [0.2, 0.25) is 0 Å². The molecule has 7 heteroatoms. The number of carbonyl (C=O) groups is 1. The van der Waals surface area contributed by atoms with Crippen molar-refractivity contribution in [3.8, 4) is 5.95 Å². The first-order chi connectivity index (χ1) is 13.1. The van der Waals surface area contributed by atoms with Gasteiger partial charge in [-0.05, 0) is 44.2 Å². The normalized spacial score (nSPS) is 11.1. The predicted octanol–water partition coefficient (Wildman–Crippen LogP) is 3.98. The summed E-state index contributed by atoms with van der Waals surface area (Å²) in [6.45, 7) is 4.79. The third-order valence-electron chi connectivity index (χ3n) is 4.36. The van der Waals surface area contributed by atoms with Gasteiger partial charge in [-0.2, -0.15) is 0 Å². The van der Waals surface area contributed by atoms with E-state index >= 15 is 0 Å². The highest BCUT2D eigenvalue weighted by molar-refractivity contribution is 9.10. The molecule has 136 valence electrons. The molecule has 2 N–H and O–H groups in total. The zero-order chi connectivity index (χ0) is 19.0. The summed E-state index contributed by atoms with van der Waals surface area (Å²) in [6, 6.07) is 17.2. The van der Waals surface area contributed by atoms with Gasteiger partial charge in [0.1, 0.15) is 5.52 Å². The minimum absolute atomic E-state index is 0.178. The Labute approximate surface area is 165 Å². The highest BCUT2D eigenvalue weighted by Crippen LogP contribution is 2.18. The first kappa shape index (κ1) is 17.5. The maximum absolute atomic E-state index is 12.7. The van der Waals surface area contributed by atoms with Crippen LogP contribution in [0.15, 0.2) is 59.1 Å². The Bertz CT molecular complexity index is 1140. The van der Waals surface area contributed by atoms with E-state index in [9.17, 15) is 4.79 Å². The van der Waals surface area contributed by atoms with Gasteiger partial charge < -0.3 is 0 Å². The summed E-state index contributed by atoms with van der Waals surface area (Å²) in [7, 11) is 0. The van der Waals surface area contributed by atoms with Gasteiger partial charge in [-0.1, -0.05) is 34.1 Å². The molecule has 4 aromatic rings. The molecular weight excluding hydrogens is 406 g/mol. The number of H-pyrrole nitrogens is 1. The molecule has 0 atom stereocenters. The molecule has 0 spiro atoms. The van der Waals surface area contributed by atoms with E-state index < -0.39 is 0 Å². The second kappa shape index (κ2) is 7.00. The number of hydrogen-bond donors (Lipinski definition) is 2. The number of anilines is 1. The van der Waals surface area contributed by atoms with E-state index in [1.807, 2.05) is 54.1 Å². The van der Waals surface area contributed by atoms with E-state index in [1.54, 1.807) is 12.1 Å². The van der Waals surface area contributed by atoms with Crippen LogP contribution in [-0.4, -0.2) is 20.6 Å². The Morgan fingerprint density at radius 1 is 1.22 bits per heavy atom. The molecule has 0 aliphatic heterocycles. The molecule has 27 heavy (non-hydrogen) atoms. The number of aromatic nitrogens is 4. The lowest BCUT2D eigenvalue weighted by Gasteiger charge is -2.05. The van der Waals surface area contributed by atoms with Crippen LogP contribution in [0.1, 0.15) is 23.0 Å². The Morgan fingerprint density at radius 3 is 2.81 bits per heavy atom. The monoisotopic (exact) mass is 424 g/mol. The third kappa shape index (κ3) is 3.26. The van der Waals surface area contributed by atoms with Crippen molar-refractivity contribution in [3.05, 3.63) is 70.3 Å². The molecule has 2 aromatic carbocycles. The van der Waals surface area contributed by atoms with Gasteiger partial charge in [0, 0.05) is 16.2 Å². The van der Waals surface area contributed by atoms with Gasteiger partial charge in [0.2, 0.25) is 5.82 Å². The number of amides is 1. The summed E-state index contributed by atoms with van der Waals surface area (Å²) in [6.07, 6.45) is 0. The lowest BCUT2D eigenvalue weighted by molar-refractivity contribution is -0.650. The fraction of sp³-hybridized carbons (Fsp3) is 0.150. The first-order valence-electron chi connectivity index (χ1n) is 8.71. The third-order valence-corrected chi connectivity index (χ3v) is 4.85. The van der Waals surface area contributed by atoms with Crippen molar-refractivity contribution in [1.29, 1.82) is 0 Å². The Morgan fingerprint density at radius 2 is 2.04 bits per heavy atom. The lowest BCUT2D eigenvalue weighted by atomic mass is 10.2. The van der Waals surface area contributed by atoms with Gasteiger partial charge in [0.25, 0.3) is 5.91 Å². The fourth-order valence-electron chi connectivity index (χ4n) is 3.15. The number of nitrogens with zero attached hydrogens (tertiary/aromatic N) is 3. The van der Waals surface area contributed by atoms with Crippen molar-refractivity contribution in [1.82, 2.24) is 14.6 Å². The van der Waals surface area contributed by atoms with Gasteiger partial charge >= 0.3 is 5.95 Å². The van der Waals surface area contributed by atoms with Crippen molar-refractivity contribution in [2.75, 3.05) is 5.32 Å². The van der Waals surface area contributed by atoms with Crippen molar-refractivity contribution >= 4 is 38.7 Å². The van der Waals surface area contributed by atoms with Crippen LogP contribution in [0.25, 0.3) is 17.0 Å². The molecule has 0 aliphatic carbocycles. The van der Waals surface area contributed by atoms with E-state index in [0.29, 0.717) is 11.4 Å². The van der Waals surface area contributed by atoms with Gasteiger partial charge in [-0.15, -0.1) is 9.67 Å². The van der Waals surface area contributed by atoms with Gasteiger partial charge in [-0.25, -0.2) is 4.57 Å². The number of imidazole rings is 1. The Balaban J connectivity index is 1.77. The molecule has 0 fully saturated rings. The van der Waals surface area contributed by atoms with E-state index in [1.165, 1.54) is 0 Å². The van der Waals surface area contributed by atoms with Crippen molar-refractivity contribution in [2.24, 2.45) is 0 Å². The molecule has 6 nitrogen and oxygen atoms in total. The standard InChI is InChI=1S/C20H18BrN5O/c1-3-25-17-10-5-4-9-16(17)22-20(25)26-18(11-13(2)24-26)23-19(27)14-7-6-8-15(21)12-14/h4-12H,3H2,1-2H3,(H,23,24,27)/p+1. The number of fused-ring (bicyclic) bond motifs is 1. The molecule has 0 radical (unpaired) electrons. The topological polar surface area (TPSA) is 66.6 Å². The molecule has 2 aromatic heterocycles. The van der Waals surface area contributed by atoms with Crippen LogP contribution in [-0.2, 0) is 6.54 Å². The summed E-state index contributed by atoms with van der Waals surface area (Å²) >= 11 is 3.40. The molecule has 4 rings (SSSR count). The van der Waals surface area contributed by atoms with E-state index in [2.05, 4.69) is 37.8 Å². The highest BCUT2D eigenvalue weighted by atomic mass is 79.9. The quantitative estimate of drug-likeness (QED) is 0.486. The number of nitrogens with one attached hydrogen (secondary N) is 2. The van der Waals surface area contributed by atoms with Gasteiger partial charge in [-0.3, -0.25) is 15.2 Å². The second-order valence-corrected chi connectivity index (χ2v) is 7.18. The molecule has 0 bridgehead atoms. The number of carbonyl (C=O) groups excluding carboxylic acids is 1. The molecule has 0 saturated carbocycles. The van der Waals surface area contributed by atoms with Gasteiger partial charge in [0.15, 0.2) is 5.52 Å². The lowest BCUT2D eigenvalue weighted by Crippen LogP contribution is -2.40. The molecule has 0 unspecified atom stereocenters. The van der Waals surface area contributed by atoms with E-state index in [0.717, 1.165) is 33.7 Å². The largest absolute Gasteiger partial charge is 0.377 e. The minimum Gasteiger partial charge on any atom is -0.258 e.